The number of hydrogen-bond acceptors (Lipinski definition) is 3. The highest BCUT2D eigenvalue weighted by molar-refractivity contribution is 6.32. The molecule has 1 saturated carbocycles. The molecule has 29 heavy (non-hydrogen) atoms. The zero-order valence-electron chi connectivity index (χ0n) is 16.6. The molecule has 156 valence electrons. The second-order valence-electron chi connectivity index (χ2n) is 8.45. The second kappa shape index (κ2) is 9.16. The molecule has 5 heteroatoms. The molecule has 0 bridgehead atoms. The lowest BCUT2D eigenvalue weighted by molar-refractivity contribution is -0.0458. The van der Waals surface area contributed by atoms with Crippen molar-refractivity contribution in [2.75, 3.05) is 11.9 Å². The van der Waals surface area contributed by atoms with Crippen molar-refractivity contribution in [1.82, 2.24) is 0 Å². The molecule has 1 saturated heterocycles. The first-order chi connectivity index (χ1) is 13.8. The Balaban J connectivity index is 0.00000205. The molecule has 3 aliphatic rings. The summed E-state index contributed by atoms with van der Waals surface area (Å²) in [6, 6.07) is 14.5. The number of ether oxygens (including phenoxy) is 2. The summed E-state index contributed by atoms with van der Waals surface area (Å²) in [6.07, 6.45) is 9.43. The van der Waals surface area contributed by atoms with Crippen LogP contribution in [-0.4, -0.2) is 12.6 Å². The number of anilines is 1. The van der Waals surface area contributed by atoms with Gasteiger partial charge in [0.05, 0.1) is 11.1 Å². The maximum atomic E-state index is 6.34. The van der Waals surface area contributed by atoms with Crippen molar-refractivity contribution in [2.24, 2.45) is 11.8 Å². The van der Waals surface area contributed by atoms with Crippen molar-refractivity contribution in [1.29, 1.82) is 0 Å². The fraction of sp³-hybridized carbons (Fsp3) is 0.500. The smallest absolute Gasteiger partial charge is 0.146 e. The second-order valence-corrected chi connectivity index (χ2v) is 8.85. The van der Waals surface area contributed by atoms with E-state index in [0.717, 1.165) is 24.7 Å². The summed E-state index contributed by atoms with van der Waals surface area (Å²) in [6.45, 7) is 0.855. The molecule has 0 spiro atoms. The highest BCUT2D eigenvalue weighted by atomic mass is 35.5. The van der Waals surface area contributed by atoms with Gasteiger partial charge in [-0.2, -0.15) is 0 Å². The molecule has 2 aliphatic heterocycles. The lowest BCUT2D eigenvalue weighted by Crippen LogP contribution is -2.46. The lowest BCUT2D eigenvalue weighted by atomic mass is 9.71. The number of para-hydroxylation sites is 1. The van der Waals surface area contributed by atoms with Crippen molar-refractivity contribution in [3.63, 3.8) is 0 Å². The summed E-state index contributed by atoms with van der Waals surface area (Å²) in [7, 11) is 0. The Morgan fingerprint density at radius 2 is 1.79 bits per heavy atom. The molecule has 2 fully saturated rings. The van der Waals surface area contributed by atoms with Gasteiger partial charge in [0.25, 0.3) is 0 Å². The molecule has 0 aromatic heterocycles. The molecule has 0 radical (unpaired) electrons. The minimum atomic E-state index is 0. The Labute approximate surface area is 184 Å². The van der Waals surface area contributed by atoms with Crippen LogP contribution >= 0.6 is 24.0 Å². The minimum Gasteiger partial charge on any atom is -0.456 e. The van der Waals surface area contributed by atoms with Gasteiger partial charge in [-0.1, -0.05) is 43.0 Å². The number of halogens is 2. The van der Waals surface area contributed by atoms with Gasteiger partial charge in [0.2, 0.25) is 0 Å². The molecule has 2 aromatic carbocycles. The third-order valence-electron chi connectivity index (χ3n) is 6.70. The van der Waals surface area contributed by atoms with Gasteiger partial charge < -0.3 is 14.8 Å². The molecular weight excluding hydrogens is 405 g/mol. The van der Waals surface area contributed by atoms with E-state index in [1.54, 1.807) is 0 Å². The molecule has 2 aromatic rings. The fourth-order valence-corrected chi connectivity index (χ4v) is 5.54. The number of benzene rings is 2. The Kier molecular flexibility index (Phi) is 6.58. The molecule has 2 heterocycles. The normalized spacial score (nSPS) is 26.4. The van der Waals surface area contributed by atoms with Crippen LogP contribution in [0.5, 0.6) is 11.5 Å². The molecule has 1 aliphatic carbocycles. The first-order valence-electron chi connectivity index (χ1n) is 10.7. The monoisotopic (exact) mass is 433 g/mol. The fourth-order valence-electron chi connectivity index (χ4n) is 5.37. The molecule has 3 atom stereocenters. The van der Waals surface area contributed by atoms with E-state index >= 15 is 0 Å². The van der Waals surface area contributed by atoms with E-state index in [-0.39, 0.29) is 18.5 Å². The molecule has 0 unspecified atom stereocenters. The predicted octanol–water partition coefficient (Wildman–Crippen LogP) is 7.40. The van der Waals surface area contributed by atoms with Crippen LogP contribution in [-0.2, 0) is 4.74 Å². The minimum absolute atomic E-state index is 0. The Bertz CT molecular complexity index is 837. The Morgan fingerprint density at radius 1 is 0.966 bits per heavy atom. The van der Waals surface area contributed by atoms with Crippen LogP contribution < -0.4 is 10.1 Å². The quantitative estimate of drug-likeness (QED) is 0.546. The van der Waals surface area contributed by atoms with Crippen LogP contribution in [0.4, 0.5) is 5.69 Å². The van der Waals surface area contributed by atoms with Gasteiger partial charge in [-0.15, -0.1) is 12.4 Å². The van der Waals surface area contributed by atoms with E-state index in [1.165, 1.54) is 49.8 Å². The van der Waals surface area contributed by atoms with Crippen LogP contribution in [0, 0.1) is 11.8 Å². The molecule has 3 nitrogen and oxygen atoms in total. The average molecular weight is 434 g/mol. The van der Waals surface area contributed by atoms with Crippen LogP contribution in [0.1, 0.15) is 56.6 Å². The van der Waals surface area contributed by atoms with E-state index in [1.807, 2.05) is 30.3 Å². The predicted molar refractivity (Wildman–Crippen MR) is 121 cm³/mol. The maximum absolute atomic E-state index is 6.34. The average Bonchev–Trinajstić information content (AvgIpc) is 2.75. The van der Waals surface area contributed by atoms with Crippen LogP contribution in [0.3, 0.4) is 0 Å². The van der Waals surface area contributed by atoms with E-state index in [4.69, 9.17) is 21.1 Å². The first kappa shape index (κ1) is 20.8. The number of rotatable bonds is 3. The van der Waals surface area contributed by atoms with Crippen molar-refractivity contribution in [3.05, 3.63) is 53.1 Å². The number of fused-ring (bicyclic) bond motifs is 3. The zero-order valence-corrected chi connectivity index (χ0v) is 18.2. The van der Waals surface area contributed by atoms with Crippen LogP contribution in [0.2, 0.25) is 5.02 Å². The SMILES string of the molecule is Cl.Clc1ccccc1Oc1ccc2c(c1)[C@H]1OCCC[C@H]1[C@@H](C1CCCCC1)N2. The highest BCUT2D eigenvalue weighted by Crippen LogP contribution is 2.48. The summed E-state index contributed by atoms with van der Waals surface area (Å²) >= 11 is 6.27. The molecular formula is C24H29Cl2NO2. The lowest BCUT2D eigenvalue weighted by Gasteiger charge is -2.47. The van der Waals surface area contributed by atoms with Gasteiger partial charge >= 0.3 is 0 Å². The number of hydrogen-bond donors (Lipinski definition) is 1. The zero-order chi connectivity index (χ0) is 18.9. The molecule has 0 amide bonds. The van der Waals surface area contributed by atoms with Crippen molar-refractivity contribution in [2.45, 2.75) is 57.1 Å². The Hall–Kier alpha value is -1.42. The standard InChI is InChI=1S/C24H28ClNO2.ClH/c25-20-10-4-5-11-22(20)28-17-12-13-21-19(15-17)24-18(9-6-14-27-24)23(26-21)16-7-2-1-3-8-16;/h4-5,10-13,15-16,18,23-24,26H,1-3,6-9,14H2;1H/t18-,23+,24-;/m0./s1. The molecule has 5 rings (SSSR count). The van der Waals surface area contributed by atoms with Crippen molar-refractivity contribution < 1.29 is 9.47 Å². The largest absolute Gasteiger partial charge is 0.456 e. The van der Waals surface area contributed by atoms with E-state index in [9.17, 15) is 0 Å². The highest BCUT2D eigenvalue weighted by Gasteiger charge is 2.42. The summed E-state index contributed by atoms with van der Waals surface area (Å²) in [4.78, 5) is 0. The molecule has 1 N–H and O–H groups in total. The van der Waals surface area contributed by atoms with Crippen LogP contribution in [0.15, 0.2) is 42.5 Å². The first-order valence-corrected chi connectivity index (χ1v) is 11.1. The van der Waals surface area contributed by atoms with Gasteiger partial charge in [0.1, 0.15) is 11.5 Å². The third kappa shape index (κ3) is 4.23. The summed E-state index contributed by atoms with van der Waals surface area (Å²) < 4.78 is 12.4. The number of nitrogens with one attached hydrogen (secondary N) is 1. The Morgan fingerprint density at radius 3 is 2.62 bits per heavy atom. The van der Waals surface area contributed by atoms with E-state index < -0.39 is 0 Å². The van der Waals surface area contributed by atoms with Crippen molar-refractivity contribution >= 4 is 29.7 Å². The summed E-state index contributed by atoms with van der Waals surface area (Å²) in [5.74, 6) is 2.84. The third-order valence-corrected chi connectivity index (χ3v) is 7.02. The van der Waals surface area contributed by atoms with Gasteiger partial charge in [0.15, 0.2) is 0 Å². The van der Waals surface area contributed by atoms with Gasteiger partial charge in [-0.3, -0.25) is 0 Å². The topological polar surface area (TPSA) is 30.5 Å². The van der Waals surface area contributed by atoms with Gasteiger partial charge in [-0.25, -0.2) is 0 Å². The van der Waals surface area contributed by atoms with Crippen LogP contribution in [0.25, 0.3) is 0 Å². The van der Waals surface area contributed by atoms with E-state index in [0.29, 0.717) is 22.7 Å². The van der Waals surface area contributed by atoms with E-state index in [2.05, 4.69) is 17.4 Å². The van der Waals surface area contributed by atoms with Gasteiger partial charge in [0, 0.05) is 29.8 Å². The maximum Gasteiger partial charge on any atom is 0.146 e. The summed E-state index contributed by atoms with van der Waals surface area (Å²) in [5, 5.41) is 4.53. The summed E-state index contributed by atoms with van der Waals surface area (Å²) in [5.41, 5.74) is 2.45. The van der Waals surface area contributed by atoms with Gasteiger partial charge in [-0.05, 0) is 61.9 Å². The van der Waals surface area contributed by atoms with Crippen molar-refractivity contribution in [3.8, 4) is 11.5 Å².